The topological polar surface area (TPSA) is 34.7 Å². The van der Waals surface area contributed by atoms with Gasteiger partial charge in [0.2, 0.25) is 0 Å². The Morgan fingerprint density at radius 3 is 2.67 bits per heavy atom. The van der Waals surface area contributed by atoms with Gasteiger partial charge in [0, 0.05) is 11.8 Å². The quantitative estimate of drug-likeness (QED) is 0.696. The highest BCUT2D eigenvalue weighted by Crippen LogP contribution is 2.31. The molecule has 1 aliphatic heterocycles. The van der Waals surface area contributed by atoms with Gasteiger partial charge in [-0.1, -0.05) is 35.5 Å². The summed E-state index contributed by atoms with van der Waals surface area (Å²) in [6.45, 7) is 0. The van der Waals surface area contributed by atoms with E-state index in [1.54, 1.807) is 12.1 Å². The van der Waals surface area contributed by atoms with Crippen LogP contribution >= 0.6 is 0 Å². The van der Waals surface area contributed by atoms with Crippen LogP contribution in [0, 0.1) is 5.82 Å². The zero-order chi connectivity index (χ0) is 14.2. The van der Waals surface area contributed by atoms with Gasteiger partial charge in [-0.3, -0.25) is 0 Å². The molecule has 4 rings (SSSR count). The lowest BCUT2D eigenvalue weighted by molar-refractivity contribution is 0.0857. The number of halogens is 1. The largest absolute Gasteiger partial charge is 0.455 e. The molecule has 0 fully saturated rings. The molecule has 3 nitrogen and oxygen atoms in total. The predicted octanol–water partition coefficient (Wildman–Crippen LogP) is 4.44. The van der Waals surface area contributed by atoms with Gasteiger partial charge in [-0.25, -0.2) is 4.39 Å². The summed E-state index contributed by atoms with van der Waals surface area (Å²) in [6, 6.07) is 16.1. The second kappa shape index (κ2) is 4.74. The maximum absolute atomic E-state index is 12.9. The smallest absolute Gasteiger partial charge is 0.158 e. The van der Waals surface area contributed by atoms with E-state index in [9.17, 15) is 4.39 Å². The van der Waals surface area contributed by atoms with Crippen molar-refractivity contribution in [3.8, 4) is 0 Å². The third-order valence-electron chi connectivity index (χ3n) is 3.62. The Labute approximate surface area is 120 Å². The molecule has 2 heterocycles. The van der Waals surface area contributed by atoms with Gasteiger partial charge in [-0.05, 0) is 29.8 Å². The zero-order valence-electron chi connectivity index (χ0n) is 11.1. The highest BCUT2D eigenvalue weighted by molar-refractivity contribution is 6.02. The third kappa shape index (κ3) is 2.18. The maximum atomic E-state index is 12.9. The number of hydrogen-bond acceptors (Lipinski definition) is 3. The first-order valence-corrected chi connectivity index (χ1v) is 6.77. The van der Waals surface area contributed by atoms with E-state index in [4.69, 9.17) is 9.25 Å². The lowest BCUT2D eigenvalue weighted by Gasteiger charge is -2.07. The number of fused-ring (bicyclic) bond motifs is 1. The fraction of sp³-hybridized carbons (Fsp3) is 0.118. The molecule has 0 aliphatic carbocycles. The van der Waals surface area contributed by atoms with Crippen molar-refractivity contribution in [1.82, 2.24) is 0 Å². The highest BCUT2D eigenvalue weighted by atomic mass is 19.1. The van der Waals surface area contributed by atoms with Crippen LogP contribution in [0.2, 0.25) is 0 Å². The molecule has 0 N–H and O–H groups in total. The Bertz CT molecular complexity index is 787. The monoisotopic (exact) mass is 281 g/mol. The number of furan rings is 1. The molecule has 4 heteroatoms. The van der Waals surface area contributed by atoms with E-state index in [0.717, 1.165) is 28.0 Å². The molecule has 0 saturated heterocycles. The van der Waals surface area contributed by atoms with Crippen LogP contribution in [-0.2, 0) is 4.84 Å². The molecular formula is C17H12FNO2. The van der Waals surface area contributed by atoms with Crippen molar-refractivity contribution in [1.29, 1.82) is 0 Å². The van der Waals surface area contributed by atoms with Crippen molar-refractivity contribution in [2.75, 3.05) is 0 Å². The van der Waals surface area contributed by atoms with E-state index in [1.165, 1.54) is 12.1 Å². The van der Waals surface area contributed by atoms with Crippen LogP contribution in [0.25, 0.3) is 11.0 Å². The molecule has 1 atom stereocenters. The maximum Gasteiger partial charge on any atom is 0.158 e. The van der Waals surface area contributed by atoms with Gasteiger partial charge in [0.15, 0.2) is 11.9 Å². The molecular weight excluding hydrogens is 269 g/mol. The standard InChI is InChI=1S/C17H12FNO2/c18-13-7-5-11(6-8-13)16-10-14(19-21-16)17-9-12-3-1-2-4-15(12)20-17/h1-9,16H,10H2. The first-order valence-electron chi connectivity index (χ1n) is 6.77. The number of oxime groups is 1. The van der Waals surface area contributed by atoms with E-state index in [0.29, 0.717) is 6.42 Å². The molecule has 0 saturated carbocycles. The second-order valence-corrected chi connectivity index (χ2v) is 5.04. The summed E-state index contributed by atoms with van der Waals surface area (Å²) in [6.07, 6.45) is 0.430. The van der Waals surface area contributed by atoms with Gasteiger partial charge in [0.25, 0.3) is 0 Å². The molecule has 0 spiro atoms. The first-order chi connectivity index (χ1) is 10.3. The second-order valence-electron chi connectivity index (χ2n) is 5.04. The van der Waals surface area contributed by atoms with E-state index in [2.05, 4.69) is 5.16 Å². The van der Waals surface area contributed by atoms with Gasteiger partial charge in [0.05, 0.1) is 0 Å². The molecule has 3 aromatic rings. The van der Waals surface area contributed by atoms with Crippen LogP contribution in [0.3, 0.4) is 0 Å². The highest BCUT2D eigenvalue weighted by Gasteiger charge is 2.26. The Balaban J connectivity index is 1.59. The average molecular weight is 281 g/mol. The minimum absolute atomic E-state index is 0.186. The molecule has 1 aromatic heterocycles. The summed E-state index contributed by atoms with van der Waals surface area (Å²) < 4.78 is 18.7. The first kappa shape index (κ1) is 12.1. The predicted molar refractivity (Wildman–Crippen MR) is 77.6 cm³/mol. The van der Waals surface area contributed by atoms with Crippen LogP contribution in [0.4, 0.5) is 4.39 Å². The molecule has 21 heavy (non-hydrogen) atoms. The van der Waals surface area contributed by atoms with Crippen LogP contribution in [-0.4, -0.2) is 5.71 Å². The van der Waals surface area contributed by atoms with Crippen molar-refractivity contribution in [3.05, 3.63) is 71.7 Å². The van der Waals surface area contributed by atoms with Crippen molar-refractivity contribution in [2.24, 2.45) is 5.16 Å². The average Bonchev–Trinajstić information content (AvgIpc) is 3.14. The summed E-state index contributed by atoms with van der Waals surface area (Å²) >= 11 is 0. The van der Waals surface area contributed by atoms with Crippen LogP contribution in [0.1, 0.15) is 23.8 Å². The number of nitrogens with zero attached hydrogens (tertiary/aromatic N) is 1. The number of benzene rings is 2. The van der Waals surface area contributed by atoms with Crippen LogP contribution in [0.15, 0.2) is 64.2 Å². The van der Waals surface area contributed by atoms with E-state index in [1.807, 2.05) is 30.3 Å². The SMILES string of the molecule is Fc1ccc(C2CC(c3cc4ccccc4o3)=NO2)cc1. The Morgan fingerprint density at radius 1 is 1.05 bits per heavy atom. The summed E-state index contributed by atoms with van der Waals surface area (Å²) in [5.41, 5.74) is 2.52. The van der Waals surface area contributed by atoms with E-state index < -0.39 is 0 Å². The molecule has 104 valence electrons. The van der Waals surface area contributed by atoms with Crippen LogP contribution < -0.4 is 0 Å². The van der Waals surface area contributed by atoms with E-state index >= 15 is 0 Å². The summed E-state index contributed by atoms with van der Waals surface area (Å²) in [7, 11) is 0. The minimum atomic E-state index is -0.254. The Morgan fingerprint density at radius 2 is 1.86 bits per heavy atom. The Kier molecular flexibility index (Phi) is 2.74. The van der Waals surface area contributed by atoms with Gasteiger partial charge < -0.3 is 9.25 Å². The van der Waals surface area contributed by atoms with Gasteiger partial charge in [-0.15, -0.1) is 0 Å². The molecule has 0 amide bonds. The van der Waals surface area contributed by atoms with E-state index in [-0.39, 0.29) is 11.9 Å². The summed E-state index contributed by atoms with van der Waals surface area (Å²) in [5.74, 6) is 0.469. The van der Waals surface area contributed by atoms with Crippen molar-refractivity contribution in [2.45, 2.75) is 12.5 Å². The molecule has 2 aromatic carbocycles. The van der Waals surface area contributed by atoms with Crippen molar-refractivity contribution in [3.63, 3.8) is 0 Å². The fourth-order valence-electron chi connectivity index (χ4n) is 2.50. The van der Waals surface area contributed by atoms with Crippen LogP contribution in [0.5, 0.6) is 0 Å². The molecule has 0 bridgehead atoms. The number of para-hydroxylation sites is 1. The lowest BCUT2D eigenvalue weighted by Crippen LogP contribution is -2.00. The Hall–Kier alpha value is -2.62. The normalized spacial score (nSPS) is 17.8. The summed E-state index contributed by atoms with van der Waals surface area (Å²) in [5, 5.41) is 5.15. The summed E-state index contributed by atoms with van der Waals surface area (Å²) in [4.78, 5) is 5.45. The van der Waals surface area contributed by atoms with Gasteiger partial charge in [0.1, 0.15) is 17.1 Å². The molecule has 0 radical (unpaired) electrons. The number of rotatable bonds is 2. The lowest BCUT2D eigenvalue weighted by atomic mass is 10.0. The zero-order valence-corrected chi connectivity index (χ0v) is 11.1. The van der Waals surface area contributed by atoms with Crippen molar-refractivity contribution < 1.29 is 13.6 Å². The molecule has 1 unspecified atom stereocenters. The van der Waals surface area contributed by atoms with Crippen molar-refractivity contribution >= 4 is 16.7 Å². The minimum Gasteiger partial charge on any atom is -0.455 e. The van der Waals surface area contributed by atoms with Gasteiger partial charge in [-0.2, -0.15) is 0 Å². The third-order valence-corrected chi connectivity index (χ3v) is 3.62. The number of hydrogen-bond donors (Lipinski definition) is 0. The molecule has 1 aliphatic rings. The van der Waals surface area contributed by atoms with Gasteiger partial charge >= 0.3 is 0 Å². The fourth-order valence-corrected chi connectivity index (χ4v) is 2.50.